The predicted octanol–water partition coefficient (Wildman–Crippen LogP) is 2.84. The highest BCUT2D eigenvalue weighted by molar-refractivity contribution is 7.45. The molecule has 1 heterocycles. The van der Waals surface area contributed by atoms with E-state index in [1.165, 1.54) is 64.2 Å². The Balaban J connectivity index is 0. The molecule has 0 saturated carbocycles. The molecule has 0 spiro atoms. The lowest BCUT2D eigenvalue weighted by Gasteiger charge is -2.07. The second-order valence-electron chi connectivity index (χ2n) is 6.08. The molecule has 1 aliphatic heterocycles. The highest BCUT2D eigenvalue weighted by atomic mass is 31.2. The second-order valence-corrected chi connectivity index (χ2v) is 8.13. The van der Waals surface area contributed by atoms with Crippen molar-refractivity contribution in [2.45, 2.75) is 83.7 Å². The van der Waals surface area contributed by atoms with Crippen LogP contribution >= 0.6 is 15.6 Å². The molecule has 0 amide bonds. The average Bonchev–Trinajstić information content (AvgIpc) is 3.19. The lowest BCUT2D eigenvalue weighted by molar-refractivity contribution is 0.272. The molecule has 11 heteroatoms. The Labute approximate surface area is 149 Å². The van der Waals surface area contributed by atoms with Crippen LogP contribution in [-0.4, -0.2) is 41.6 Å². The Morgan fingerprint density at radius 3 is 1.36 bits per heavy atom. The number of hydrogen-bond donors (Lipinski definition) is 6. The number of epoxide rings is 1. The van der Waals surface area contributed by atoms with E-state index in [1.54, 1.807) is 0 Å². The molecular formula is C14H34O9P2. The van der Waals surface area contributed by atoms with Crippen LogP contribution in [0.1, 0.15) is 78.1 Å². The maximum Gasteiger partial charge on any atom is 0.466 e. The summed E-state index contributed by atoms with van der Waals surface area (Å²) in [7, 11) is -9.28. The molecule has 1 rings (SSSR count). The largest absolute Gasteiger partial charge is 0.466 e. The second kappa shape index (κ2) is 14.3. The molecule has 0 radical (unpaired) electrons. The number of rotatable bonds is 10. The summed E-state index contributed by atoms with van der Waals surface area (Å²) in [5.74, 6) is 0. The van der Waals surface area contributed by atoms with Crippen molar-refractivity contribution in [1.82, 2.24) is 0 Å². The van der Waals surface area contributed by atoms with Crippen LogP contribution in [0.25, 0.3) is 0 Å². The van der Waals surface area contributed by atoms with Crippen molar-refractivity contribution in [3.05, 3.63) is 0 Å². The van der Waals surface area contributed by atoms with Crippen LogP contribution in [0, 0.1) is 0 Å². The van der Waals surface area contributed by atoms with E-state index in [1.807, 2.05) is 0 Å². The first-order valence-electron chi connectivity index (χ1n) is 8.53. The molecule has 0 aliphatic carbocycles. The van der Waals surface area contributed by atoms with Crippen molar-refractivity contribution in [3.8, 4) is 0 Å². The van der Waals surface area contributed by atoms with E-state index in [0.717, 1.165) is 6.61 Å². The first kappa shape index (κ1) is 27.4. The molecule has 9 nitrogen and oxygen atoms in total. The summed E-state index contributed by atoms with van der Waals surface area (Å²) in [6.45, 7) is 5.55. The Morgan fingerprint density at radius 1 is 0.760 bits per heavy atom. The Bertz CT molecular complexity index is 365. The number of phosphoric acid groups is 2. The fourth-order valence-corrected chi connectivity index (χ4v) is 2.21. The topological polar surface area (TPSA) is 168 Å². The normalized spacial score (nSPS) is 19.4. The van der Waals surface area contributed by atoms with E-state index in [0.29, 0.717) is 5.60 Å². The molecule has 0 bridgehead atoms. The van der Waals surface area contributed by atoms with Crippen molar-refractivity contribution >= 4 is 15.6 Å². The SMILES string of the molecule is CCCCCCCCCCC1(CC)CO1.O=P(O)(O)O.O=P(O)(O)O. The van der Waals surface area contributed by atoms with Crippen LogP contribution in [0.2, 0.25) is 0 Å². The minimum absolute atomic E-state index is 0.336. The molecular weight excluding hydrogens is 374 g/mol. The third kappa shape index (κ3) is 32.3. The third-order valence-corrected chi connectivity index (χ3v) is 3.68. The van der Waals surface area contributed by atoms with Gasteiger partial charge in [0.1, 0.15) is 0 Å². The molecule has 0 aromatic heterocycles. The van der Waals surface area contributed by atoms with Gasteiger partial charge in [0, 0.05) is 0 Å². The number of unbranched alkanes of at least 4 members (excludes halogenated alkanes) is 7. The summed E-state index contributed by atoms with van der Waals surface area (Å²) in [5.41, 5.74) is 0.336. The average molecular weight is 408 g/mol. The molecule has 0 aromatic carbocycles. The van der Waals surface area contributed by atoms with Crippen molar-refractivity contribution < 1.29 is 43.2 Å². The van der Waals surface area contributed by atoms with E-state index in [9.17, 15) is 0 Å². The van der Waals surface area contributed by atoms with Gasteiger partial charge in [-0.15, -0.1) is 0 Å². The summed E-state index contributed by atoms with van der Waals surface area (Å²) in [6, 6.07) is 0. The van der Waals surface area contributed by atoms with Gasteiger partial charge in [0.25, 0.3) is 0 Å². The van der Waals surface area contributed by atoms with Crippen LogP contribution in [-0.2, 0) is 13.9 Å². The monoisotopic (exact) mass is 408 g/mol. The Kier molecular flexibility index (Phi) is 15.6. The highest BCUT2D eigenvalue weighted by Crippen LogP contribution is 2.36. The van der Waals surface area contributed by atoms with E-state index < -0.39 is 15.6 Å². The summed E-state index contributed by atoms with van der Waals surface area (Å²) in [5, 5.41) is 0. The fourth-order valence-electron chi connectivity index (χ4n) is 2.21. The van der Waals surface area contributed by atoms with Crippen molar-refractivity contribution in [3.63, 3.8) is 0 Å². The lowest BCUT2D eigenvalue weighted by Crippen LogP contribution is -2.08. The minimum atomic E-state index is -4.64. The maximum absolute atomic E-state index is 8.88. The van der Waals surface area contributed by atoms with E-state index in [4.69, 9.17) is 43.2 Å². The van der Waals surface area contributed by atoms with Crippen LogP contribution in [0.3, 0.4) is 0 Å². The van der Waals surface area contributed by atoms with Gasteiger partial charge in [0.2, 0.25) is 0 Å². The molecule has 1 unspecified atom stereocenters. The van der Waals surface area contributed by atoms with Gasteiger partial charge in [0.15, 0.2) is 0 Å². The first-order chi connectivity index (χ1) is 11.3. The summed E-state index contributed by atoms with van der Waals surface area (Å²) < 4.78 is 23.3. The molecule has 25 heavy (non-hydrogen) atoms. The van der Waals surface area contributed by atoms with Gasteiger partial charge >= 0.3 is 15.6 Å². The molecule has 0 aromatic rings. The highest BCUT2D eigenvalue weighted by Gasteiger charge is 2.41. The molecule has 1 aliphatic rings. The van der Waals surface area contributed by atoms with Crippen molar-refractivity contribution in [2.24, 2.45) is 0 Å². The van der Waals surface area contributed by atoms with Gasteiger partial charge in [-0.25, -0.2) is 9.13 Å². The van der Waals surface area contributed by atoms with Gasteiger partial charge < -0.3 is 34.1 Å². The van der Waals surface area contributed by atoms with Crippen LogP contribution < -0.4 is 0 Å². The van der Waals surface area contributed by atoms with Crippen molar-refractivity contribution in [2.75, 3.05) is 6.61 Å². The van der Waals surface area contributed by atoms with E-state index in [2.05, 4.69) is 13.8 Å². The minimum Gasteiger partial charge on any atom is -0.370 e. The molecule has 1 saturated heterocycles. The first-order valence-corrected chi connectivity index (χ1v) is 11.7. The number of hydrogen-bond acceptors (Lipinski definition) is 3. The zero-order chi connectivity index (χ0) is 20.0. The summed E-state index contributed by atoms with van der Waals surface area (Å²) in [6.07, 6.45) is 13.9. The van der Waals surface area contributed by atoms with Gasteiger partial charge in [0.05, 0.1) is 12.2 Å². The van der Waals surface area contributed by atoms with Crippen LogP contribution in [0.4, 0.5) is 0 Å². The molecule has 154 valence electrons. The third-order valence-electron chi connectivity index (χ3n) is 3.68. The quantitative estimate of drug-likeness (QED) is 0.181. The predicted molar refractivity (Wildman–Crippen MR) is 94.7 cm³/mol. The Hall–Kier alpha value is 0.180. The zero-order valence-electron chi connectivity index (χ0n) is 15.1. The maximum atomic E-state index is 8.88. The smallest absolute Gasteiger partial charge is 0.370 e. The summed E-state index contributed by atoms with van der Waals surface area (Å²) >= 11 is 0. The van der Waals surface area contributed by atoms with Crippen LogP contribution in [0.5, 0.6) is 0 Å². The molecule has 1 fully saturated rings. The van der Waals surface area contributed by atoms with Crippen LogP contribution in [0.15, 0.2) is 0 Å². The van der Waals surface area contributed by atoms with Gasteiger partial charge in [-0.3, -0.25) is 0 Å². The Morgan fingerprint density at radius 2 is 1.08 bits per heavy atom. The van der Waals surface area contributed by atoms with Gasteiger partial charge in [-0.1, -0.05) is 65.2 Å². The summed E-state index contributed by atoms with van der Waals surface area (Å²) in [4.78, 5) is 43.1. The van der Waals surface area contributed by atoms with E-state index in [-0.39, 0.29) is 0 Å². The van der Waals surface area contributed by atoms with E-state index >= 15 is 0 Å². The van der Waals surface area contributed by atoms with Gasteiger partial charge in [-0.2, -0.15) is 0 Å². The van der Waals surface area contributed by atoms with Crippen molar-refractivity contribution in [1.29, 1.82) is 0 Å². The standard InChI is InChI=1S/C14H28O.2H3O4P/c1-3-5-6-7-8-9-10-11-12-14(4-2)13-15-14;2*1-5(2,3)4/h3-13H2,1-2H3;2*(H3,1,2,3,4). The fraction of sp³-hybridized carbons (Fsp3) is 1.00. The van der Waals surface area contributed by atoms with Gasteiger partial charge in [-0.05, 0) is 12.8 Å². The zero-order valence-corrected chi connectivity index (χ0v) is 16.9. The number of ether oxygens (including phenoxy) is 1. The lowest BCUT2D eigenvalue weighted by atomic mass is 9.98. The molecule has 1 atom stereocenters. The molecule has 6 N–H and O–H groups in total.